The molecule has 26 heavy (non-hydrogen) atoms. The maximum absolute atomic E-state index is 12.5. The van der Waals surface area contributed by atoms with Gasteiger partial charge in [0.05, 0.1) is 5.92 Å². The minimum Gasteiger partial charge on any atom is -0.355 e. The summed E-state index contributed by atoms with van der Waals surface area (Å²) in [7, 11) is 0. The molecular weight excluding hydrogens is 391 g/mol. The molecule has 1 saturated heterocycles. The first kappa shape index (κ1) is 22.6. The third kappa shape index (κ3) is 6.69. The van der Waals surface area contributed by atoms with Crippen LogP contribution in [0.5, 0.6) is 0 Å². The summed E-state index contributed by atoms with van der Waals surface area (Å²) in [5, 5.41) is 2.72. The molecule has 1 aromatic carbocycles. The molecule has 146 valence electrons. The van der Waals surface area contributed by atoms with Gasteiger partial charge in [-0.3, -0.25) is 9.59 Å². The lowest BCUT2D eigenvalue weighted by molar-refractivity contribution is -0.126. The van der Waals surface area contributed by atoms with E-state index in [9.17, 15) is 22.8 Å². The van der Waals surface area contributed by atoms with E-state index in [-0.39, 0.29) is 46.8 Å². The van der Waals surface area contributed by atoms with Gasteiger partial charge in [-0.25, -0.2) is 0 Å². The predicted octanol–water partition coefficient (Wildman–Crippen LogP) is 2.65. The molecule has 1 aromatic rings. The van der Waals surface area contributed by atoms with Gasteiger partial charge in [0, 0.05) is 36.6 Å². The van der Waals surface area contributed by atoms with Gasteiger partial charge in [-0.2, -0.15) is 13.2 Å². The monoisotopic (exact) mass is 411 g/mol. The number of carbonyl (C=O) groups is 2. The number of piperidine rings is 1. The van der Waals surface area contributed by atoms with Crippen molar-refractivity contribution in [1.82, 2.24) is 10.2 Å². The van der Waals surface area contributed by atoms with Crippen LogP contribution in [0.15, 0.2) is 29.2 Å². The largest absolute Gasteiger partial charge is 0.446 e. The lowest BCUT2D eigenvalue weighted by Gasteiger charge is -2.32. The van der Waals surface area contributed by atoms with Gasteiger partial charge < -0.3 is 16.0 Å². The van der Waals surface area contributed by atoms with Gasteiger partial charge in [0.1, 0.15) is 0 Å². The molecule has 1 fully saturated rings. The molecule has 0 aromatic heterocycles. The van der Waals surface area contributed by atoms with Crippen LogP contribution in [0.4, 0.5) is 13.2 Å². The lowest BCUT2D eigenvalue weighted by atomic mass is 9.96. The van der Waals surface area contributed by atoms with Gasteiger partial charge >= 0.3 is 5.51 Å². The second-order valence-electron chi connectivity index (χ2n) is 5.74. The maximum Gasteiger partial charge on any atom is 0.446 e. The van der Waals surface area contributed by atoms with Crippen molar-refractivity contribution in [2.24, 2.45) is 11.7 Å². The number of halogens is 4. The molecule has 0 radical (unpaired) electrons. The Morgan fingerprint density at radius 1 is 1.27 bits per heavy atom. The molecule has 1 heterocycles. The zero-order valence-corrected chi connectivity index (χ0v) is 15.6. The normalized spacial score (nSPS) is 17.4. The number of thioether (sulfide) groups is 1. The van der Waals surface area contributed by atoms with E-state index in [1.807, 2.05) is 0 Å². The molecule has 1 aliphatic rings. The first-order valence-electron chi connectivity index (χ1n) is 7.93. The Hall–Kier alpha value is -1.45. The first-order valence-corrected chi connectivity index (χ1v) is 8.74. The number of rotatable bonds is 5. The Kier molecular flexibility index (Phi) is 8.72. The van der Waals surface area contributed by atoms with Crippen LogP contribution in [0, 0.1) is 5.92 Å². The standard InChI is InChI=1S/C16H20F3N3O2S.ClH/c17-16(18,19)25-13-5-3-11(4-6-13)15(24)22-9-1-2-12(10-22)14(23)21-8-7-20;/h3-6,12H,1-2,7-10,20H2,(H,21,23);1H. The van der Waals surface area contributed by atoms with Crippen LogP contribution in [0.3, 0.4) is 0 Å². The van der Waals surface area contributed by atoms with Crippen molar-refractivity contribution in [2.45, 2.75) is 23.2 Å². The number of alkyl halides is 3. The van der Waals surface area contributed by atoms with Crippen molar-refractivity contribution in [3.05, 3.63) is 29.8 Å². The molecule has 3 N–H and O–H groups in total. The second-order valence-corrected chi connectivity index (χ2v) is 6.88. The first-order chi connectivity index (χ1) is 11.8. The number of nitrogens with two attached hydrogens (primary N) is 1. The van der Waals surface area contributed by atoms with Gasteiger partial charge in [0.2, 0.25) is 5.91 Å². The number of hydrogen-bond acceptors (Lipinski definition) is 4. The summed E-state index contributed by atoms with van der Waals surface area (Å²) in [5.74, 6) is -0.691. The fraction of sp³-hybridized carbons (Fsp3) is 0.500. The Morgan fingerprint density at radius 3 is 2.50 bits per heavy atom. The van der Waals surface area contributed by atoms with Crippen LogP contribution < -0.4 is 11.1 Å². The van der Waals surface area contributed by atoms with E-state index >= 15 is 0 Å². The molecule has 5 nitrogen and oxygen atoms in total. The highest BCUT2D eigenvalue weighted by Crippen LogP contribution is 2.36. The summed E-state index contributed by atoms with van der Waals surface area (Å²) in [6.45, 7) is 1.57. The molecule has 0 aliphatic carbocycles. The van der Waals surface area contributed by atoms with E-state index < -0.39 is 5.51 Å². The minimum atomic E-state index is -4.36. The van der Waals surface area contributed by atoms with E-state index in [1.54, 1.807) is 4.90 Å². The Bertz CT molecular complexity index is 614. The summed E-state index contributed by atoms with van der Waals surface area (Å²) < 4.78 is 37.0. The third-order valence-corrected chi connectivity index (χ3v) is 4.60. The molecule has 2 rings (SSSR count). The van der Waals surface area contributed by atoms with Crippen molar-refractivity contribution >= 4 is 36.0 Å². The van der Waals surface area contributed by atoms with E-state index in [4.69, 9.17) is 5.73 Å². The molecule has 10 heteroatoms. The SMILES string of the molecule is Cl.NCCNC(=O)C1CCCN(C(=O)c2ccc(SC(F)(F)F)cc2)C1. The number of nitrogens with zero attached hydrogens (tertiary/aromatic N) is 1. The van der Waals surface area contributed by atoms with E-state index in [0.29, 0.717) is 44.6 Å². The van der Waals surface area contributed by atoms with Crippen molar-refractivity contribution in [1.29, 1.82) is 0 Å². The van der Waals surface area contributed by atoms with Gasteiger partial charge in [0.15, 0.2) is 0 Å². The maximum atomic E-state index is 12.5. The Morgan fingerprint density at radius 2 is 1.92 bits per heavy atom. The topological polar surface area (TPSA) is 75.4 Å². The van der Waals surface area contributed by atoms with Crippen molar-refractivity contribution < 1.29 is 22.8 Å². The van der Waals surface area contributed by atoms with Crippen molar-refractivity contribution in [2.75, 3.05) is 26.2 Å². The zero-order chi connectivity index (χ0) is 18.4. The number of nitrogens with one attached hydrogen (secondary N) is 1. The Balaban J connectivity index is 0.00000338. The van der Waals surface area contributed by atoms with Gasteiger partial charge in [0.25, 0.3) is 5.91 Å². The summed E-state index contributed by atoms with van der Waals surface area (Å²) in [5.41, 5.74) is 1.31. The fourth-order valence-corrected chi connectivity index (χ4v) is 3.24. The second kappa shape index (κ2) is 10.0. The highest BCUT2D eigenvalue weighted by molar-refractivity contribution is 8.00. The van der Waals surface area contributed by atoms with Crippen molar-refractivity contribution in [3.63, 3.8) is 0 Å². The van der Waals surface area contributed by atoms with Crippen molar-refractivity contribution in [3.8, 4) is 0 Å². The third-order valence-electron chi connectivity index (χ3n) is 3.86. The lowest BCUT2D eigenvalue weighted by Crippen LogP contribution is -2.46. The highest BCUT2D eigenvalue weighted by Gasteiger charge is 2.30. The van der Waals surface area contributed by atoms with Crippen LogP contribution in [0.2, 0.25) is 0 Å². The average Bonchev–Trinajstić information content (AvgIpc) is 2.58. The average molecular weight is 412 g/mol. The minimum absolute atomic E-state index is 0. The quantitative estimate of drug-likeness (QED) is 0.730. The fourth-order valence-electron chi connectivity index (χ4n) is 2.70. The van der Waals surface area contributed by atoms with Crippen LogP contribution in [-0.2, 0) is 4.79 Å². The molecule has 0 saturated carbocycles. The number of likely N-dealkylation sites (tertiary alicyclic amines) is 1. The zero-order valence-electron chi connectivity index (χ0n) is 13.9. The molecular formula is C16H21ClF3N3O2S. The van der Waals surface area contributed by atoms with Crippen LogP contribution >= 0.6 is 24.2 Å². The summed E-state index contributed by atoms with van der Waals surface area (Å²) >= 11 is -0.219. The van der Waals surface area contributed by atoms with Crippen LogP contribution in [0.25, 0.3) is 0 Å². The van der Waals surface area contributed by atoms with Gasteiger partial charge in [-0.1, -0.05) is 0 Å². The summed E-state index contributed by atoms with van der Waals surface area (Å²) in [6, 6.07) is 5.32. The van der Waals surface area contributed by atoms with Crippen LogP contribution in [0.1, 0.15) is 23.2 Å². The van der Waals surface area contributed by atoms with Crippen LogP contribution in [-0.4, -0.2) is 48.4 Å². The smallest absolute Gasteiger partial charge is 0.355 e. The number of benzene rings is 1. The highest BCUT2D eigenvalue weighted by atomic mass is 35.5. The molecule has 1 aliphatic heterocycles. The number of hydrogen-bond donors (Lipinski definition) is 2. The molecule has 0 spiro atoms. The summed E-state index contributed by atoms with van der Waals surface area (Å²) in [4.78, 5) is 26.1. The number of carbonyl (C=O) groups excluding carboxylic acids is 2. The Labute approximate surface area is 160 Å². The molecule has 1 unspecified atom stereocenters. The molecule has 2 amide bonds. The number of amides is 2. The van der Waals surface area contributed by atoms with E-state index in [2.05, 4.69) is 5.32 Å². The molecule has 1 atom stereocenters. The van der Waals surface area contributed by atoms with E-state index in [1.165, 1.54) is 24.3 Å². The van der Waals surface area contributed by atoms with E-state index in [0.717, 1.165) is 0 Å². The van der Waals surface area contributed by atoms with Gasteiger partial charge in [-0.15, -0.1) is 12.4 Å². The summed E-state index contributed by atoms with van der Waals surface area (Å²) in [6.07, 6.45) is 1.40. The predicted molar refractivity (Wildman–Crippen MR) is 96.3 cm³/mol. The molecule has 0 bridgehead atoms. The van der Waals surface area contributed by atoms with Gasteiger partial charge in [-0.05, 0) is 48.9 Å².